The van der Waals surface area contributed by atoms with Crippen LogP contribution in [-0.4, -0.2) is 57.2 Å². The van der Waals surface area contributed by atoms with Crippen molar-refractivity contribution in [2.45, 2.75) is 71.1 Å². The van der Waals surface area contributed by atoms with Crippen LogP contribution in [0, 0.1) is 5.92 Å². The van der Waals surface area contributed by atoms with Crippen LogP contribution in [0.4, 0.5) is 5.69 Å². The van der Waals surface area contributed by atoms with E-state index in [0.717, 1.165) is 16.8 Å². The summed E-state index contributed by atoms with van der Waals surface area (Å²) in [5.41, 5.74) is 3.24. The third-order valence-electron chi connectivity index (χ3n) is 6.79. The number of H-pyrrole nitrogens is 1. The maximum Gasteiger partial charge on any atom is 0.250 e. The minimum Gasteiger partial charge on any atom is -0.348 e. The average Bonchev–Trinajstić information content (AvgIpc) is 3.47. The Balaban J connectivity index is 1.56. The van der Waals surface area contributed by atoms with Crippen LogP contribution in [0.25, 0.3) is 0 Å². The molecule has 0 aliphatic carbocycles. The van der Waals surface area contributed by atoms with Gasteiger partial charge in [0, 0.05) is 13.3 Å². The molecule has 0 spiro atoms. The molecule has 3 heterocycles. The van der Waals surface area contributed by atoms with Gasteiger partial charge in [-0.25, -0.2) is 0 Å². The first-order valence-electron chi connectivity index (χ1n) is 11.9. The Morgan fingerprint density at radius 1 is 1.26 bits per heavy atom. The molecule has 1 aromatic carbocycles. The van der Waals surface area contributed by atoms with Crippen molar-refractivity contribution >= 4 is 29.3 Å². The summed E-state index contributed by atoms with van der Waals surface area (Å²) in [6, 6.07) is 3.53. The van der Waals surface area contributed by atoms with Gasteiger partial charge in [0.25, 0.3) is 0 Å². The van der Waals surface area contributed by atoms with Gasteiger partial charge in [-0.05, 0) is 29.9 Å². The Labute approximate surface area is 203 Å². The van der Waals surface area contributed by atoms with Crippen LogP contribution < -0.4 is 20.9 Å². The number of carbonyl (C=O) groups is 4. The highest BCUT2D eigenvalue weighted by Gasteiger charge is 2.44. The van der Waals surface area contributed by atoms with E-state index in [1.807, 2.05) is 32.0 Å². The number of amides is 4. The highest BCUT2D eigenvalue weighted by Crippen LogP contribution is 2.39. The highest BCUT2D eigenvalue weighted by atomic mass is 16.2. The first kappa shape index (κ1) is 24.4. The molecule has 11 nitrogen and oxygen atoms in total. The van der Waals surface area contributed by atoms with Crippen LogP contribution in [0.2, 0.25) is 0 Å². The van der Waals surface area contributed by atoms with E-state index in [-0.39, 0.29) is 30.2 Å². The number of nitrogens with zero attached hydrogens (tertiary/aromatic N) is 3. The molecular formula is C24H31N7O4. The molecule has 4 atom stereocenters. The van der Waals surface area contributed by atoms with Crippen molar-refractivity contribution < 1.29 is 19.2 Å². The van der Waals surface area contributed by atoms with E-state index in [9.17, 15) is 19.2 Å². The zero-order valence-corrected chi connectivity index (χ0v) is 20.1. The molecular weight excluding hydrogens is 450 g/mol. The predicted molar refractivity (Wildman–Crippen MR) is 127 cm³/mol. The Morgan fingerprint density at radius 2 is 2.03 bits per heavy atom. The third kappa shape index (κ3) is 5.03. The summed E-state index contributed by atoms with van der Waals surface area (Å²) in [5, 5.41) is 18.6. The second-order valence-corrected chi connectivity index (χ2v) is 9.20. The van der Waals surface area contributed by atoms with Crippen LogP contribution >= 0.6 is 0 Å². The normalized spacial score (nSPS) is 20.4. The number of anilines is 1. The number of rotatable bonds is 8. The van der Waals surface area contributed by atoms with Gasteiger partial charge in [-0.1, -0.05) is 38.5 Å². The Bertz CT molecular complexity index is 1120. The second kappa shape index (κ2) is 10.2. The number of aryl methyl sites for hydroxylation is 1. The fourth-order valence-electron chi connectivity index (χ4n) is 4.76. The van der Waals surface area contributed by atoms with E-state index in [0.29, 0.717) is 31.4 Å². The quantitative estimate of drug-likeness (QED) is 0.428. The molecule has 4 amide bonds. The molecule has 0 saturated heterocycles. The van der Waals surface area contributed by atoms with E-state index < -0.39 is 24.0 Å². The number of aromatic amines is 1. The first-order chi connectivity index (χ1) is 16.8. The summed E-state index contributed by atoms with van der Waals surface area (Å²) >= 11 is 0. The minimum atomic E-state index is -0.813. The van der Waals surface area contributed by atoms with Gasteiger partial charge in [0.05, 0.1) is 18.4 Å². The van der Waals surface area contributed by atoms with Crippen molar-refractivity contribution in [1.82, 2.24) is 31.4 Å². The van der Waals surface area contributed by atoms with Crippen molar-refractivity contribution in [3.05, 3.63) is 41.2 Å². The van der Waals surface area contributed by atoms with Gasteiger partial charge in [0.15, 0.2) is 0 Å². The lowest BCUT2D eigenvalue weighted by Crippen LogP contribution is -2.58. The summed E-state index contributed by atoms with van der Waals surface area (Å²) in [6.07, 6.45) is 3.58. The number of para-hydroxylation sites is 1. The maximum absolute atomic E-state index is 13.8. The highest BCUT2D eigenvalue weighted by molar-refractivity contribution is 6.08. The number of hydrogen-bond acceptors (Lipinski definition) is 6. The monoisotopic (exact) mass is 481 g/mol. The maximum atomic E-state index is 13.8. The standard InChI is InChI=1S/C24H31N7O4/c1-4-13(2)20(27-14(3)32)23(34)28-18-9-8-15-6-5-7-16-10-19(31(21(15)16)24(18)35)22(33)25-11-17-12-26-30-29-17/h5-7,12-13,18-20H,4,8-11H2,1-3H3,(H,25,33)(H,27,32)(H,28,34)(H,26,29,30)/t13-,18-,19-,20-/m0/s1. The van der Waals surface area contributed by atoms with Gasteiger partial charge in [-0.3, -0.25) is 24.1 Å². The molecule has 4 N–H and O–H groups in total. The first-order valence-corrected chi connectivity index (χ1v) is 11.9. The lowest BCUT2D eigenvalue weighted by atomic mass is 9.97. The average molecular weight is 482 g/mol. The predicted octanol–water partition coefficient (Wildman–Crippen LogP) is 0.361. The lowest BCUT2D eigenvalue weighted by molar-refractivity contribution is -0.132. The van der Waals surface area contributed by atoms with E-state index in [1.54, 1.807) is 0 Å². The van der Waals surface area contributed by atoms with E-state index in [1.165, 1.54) is 18.0 Å². The van der Waals surface area contributed by atoms with Crippen LogP contribution in [0.3, 0.4) is 0 Å². The summed E-state index contributed by atoms with van der Waals surface area (Å²) in [5.74, 6) is -1.44. The minimum absolute atomic E-state index is 0.106. The molecule has 1 aromatic heterocycles. The smallest absolute Gasteiger partial charge is 0.250 e. The van der Waals surface area contributed by atoms with Gasteiger partial charge >= 0.3 is 0 Å². The van der Waals surface area contributed by atoms with E-state index >= 15 is 0 Å². The topological polar surface area (TPSA) is 149 Å². The Morgan fingerprint density at radius 3 is 2.71 bits per heavy atom. The number of aromatic nitrogens is 3. The van der Waals surface area contributed by atoms with Crippen LogP contribution in [0.5, 0.6) is 0 Å². The van der Waals surface area contributed by atoms with Gasteiger partial charge in [-0.2, -0.15) is 15.4 Å². The second-order valence-electron chi connectivity index (χ2n) is 9.20. The van der Waals surface area contributed by atoms with Crippen molar-refractivity contribution in [2.75, 3.05) is 4.90 Å². The number of nitrogens with one attached hydrogen (secondary N) is 4. The fraction of sp³-hybridized carbons (Fsp3) is 0.500. The number of hydrogen-bond donors (Lipinski definition) is 4. The molecule has 2 aliphatic rings. The Kier molecular flexibility index (Phi) is 7.13. The molecule has 35 heavy (non-hydrogen) atoms. The Hall–Kier alpha value is -3.76. The summed E-state index contributed by atoms with van der Waals surface area (Å²) in [7, 11) is 0. The zero-order valence-electron chi connectivity index (χ0n) is 20.1. The van der Waals surface area contributed by atoms with Gasteiger partial charge in [0.1, 0.15) is 23.8 Å². The van der Waals surface area contributed by atoms with Crippen LogP contribution in [-0.2, 0) is 38.6 Å². The zero-order chi connectivity index (χ0) is 25.1. The van der Waals surface area contributed by atoms with Crippen molar-refractivity contribution in [1.29, 1.82) is 0 Å². The summed E-state index contributed by atoms with van der Waals surface area (Å²) in [6.45, 7) is 5.37. The third-order valence-corrected chi connectivity index (χ3v) is 6.79. The molecule has 0 saturated carbocycles. The molecule has 2 aliphatic heterocycles. The number of benzene rings is 1. The molecule has 0 bridgehead atoms. The molecule has 0 unspecified atom stereocenters. The summed E-state index contributed by atoms with van der Waals surface area (Å²) in [4.78, 5) is 53.3. The van der Waals surface area contributed by atoms with Crippen LogP contribution in [0.15, 0.2) is 24.4 Å². The van der Waals surface area contributed by atoms with Gasteiger partial charge in [-0.15, -0.1) is 0 Å². The number of carbonyl (C=O) groups excluding carboxylic acids is 4. The molecule has 2 aromatic rings. The van der Waals surface area contributed by atoms with Crippen molar-refractivity contribution in [3.63, 3.8) is 0 Å². The summed E-state index contributed by atoms with van der Waals surface area (Å²) < 4.78 is 0. The van der Waals surface area contributed by atoms with Crippen molar-refractivity contribution in [2.24, 2.45) is 5.92 Å². The molecule has 11 heteroatoms. The molecule has 186 valence electrons. The van der Waals surface area contributed by atoms with E-state index in [2.05, 4.69) is 31.4 Å². The van der Waals surface area contributed by atoms with Crippen LogP contribution in [0.1, 0.15) is 50.4 Å². The molecule has 0 fully saturated rings. The van der Waals surface area contributed by atoms with Crippen molar-refractivity contribution in [3.8, 4) is 0 Å². The fourth-order valence-corrected chi connectivity index (χ4v) is 4.76. The molecule has 0 radical (unpaired) electrons. The SMILES string of the molecule is CC[C@H](C)[C@H](NC(C)=O)C(=O)N[C@H]1CCc2cccc3c2N(C1=O)[C@H](C(=O)NCc1cn[nH]n1)C3. The molecule has 4 rings (SSSR count). The van der Waals surface area contributed by atoms with E-state index in [4.69, 9.17) is 0 Å². The van der Waals surface area contributed by atoms with Gasteiger partial charge in [0.2, 0.25) is 23.6 Å². The van der Waals surface area contributed by atoms with Gasteiger partial charge < -0.3 is 16.0 Å². The largest absolute Gasteiger partial charge is 0.348 e. The lowest BCUT2D eigenvalue weighted by Gasteiger charge is -2.29.